The number of hydrogen-bond donors (Lipinski definition) is 2. The SMILES string of the molecule is O=C(N/N=C/c1ccc(OCc2ccccc2)c(Br)c1)c1ccccc1O. The molecule has 5 nitrogen and oxygen atoms in total. The van der Waals surface area contributed by atoms with Gasteiger partial charge in [0.2, 0.25) is 0 Å². The van der Waals surface area contributed by atoms with Gasteiger partial charge in [-0.3, -0.25) is 4.79 Å². The van der Waals surface area contributed by atoms with Gasteiger partial charge in [-0.25, -0.2) is 5.43 Å². The molecule has 27 heavy (non-hydrogen) atoms. The third kappa shape index (κ3) is 5.18. The molecule has 0 bridgehead atoms. The number of rotatable bonds is 6. The first-order chi connectivity index (χ1) is 13.1. The van der Waals surface area contributed by atoms with Gasteiger partial charge in [0.05, 0.1) is 16.3 Å². The van der Waals surface area contributed by atoms with Crippen molar-refractivity contribution in [3.05, 3.63) is 94.0 Å². The van der Waals surface area contributed by atoms with E-state index in [1.165, 1.54) is 18.3 Å². The van der Waals surface area contributed by atoms with Crippen molar-refractivity contribution in [3.63, 3.8) is 0 Å². The maximum Gasteiger partial charge on any atom is 0.275 e. The number of phenols is 1. The van der Waals surface area contributed by atoms with Crippen LogP contribution < -0.4 is 10.2 Å². The van der Waals surface area contributed by atoms with E-state index in [1.54, 1.807) is 12.1 Å². The number of benzene rings is 3. The molecule has 3 aromatic rings. The molecule has 2 N–H and O–H groups in total. The zero-order valence-corrected chi connectivity index (χ0v) is 15.9. The average molecular weight is 425 g/mol. The van der Waals surface area contributed by atoms with Crippen molar-refractivity contribution in [2.24, 2.45) is 5.10 Å². The number of hydrogen-bond acceptors (Lipinski definition) is 4. The Morgan fingerprint density at radius 1 is 1.07 bits per heavy atom. The summed E-state index contributed by atoms with van der Waals surface area (Å²) in [4.78, 5) is 12.0. The van der Waals surface area contributed by atoms with Crippen LogP contribution in [0.15, 0.2) is 82.4 Å². The first-order valence-electron chi connectivity index (χ1n) is 8.21. The van der Waals surface area contributed by atoms with Crippen molar-refractivity contribution in [3.8, 4) is 11.5 Å². The van der Waals surface area contributed by atoms with E-state index in [1.807, 2.05) is 48.5 Å². The van der Waals surface area contributed by atoms with Gasteiger partial charge in [-0.15, -0.1) is 0 Å². The van der Waals surface area contributed by atoms with Gasteiger partial charge >= 0.3 is 0 Å². The number of phenolic OH excluding ortho intramolecular Hbond substituents is 1. The monoisotopic (exact) mass is 424 g/mol. The van der Waals surface area contributed by atoms with Gasteiger partial charge < -0.3 is 9.84 Å². The Bertz CT molecular complexity index is 959. The van der Waals surface area contributed by atoms with E-state index in [-0.39, 0.29) is 11.3 Å². The highest BCUT2D eigenvalue weighted by Crippen LogP contribution is 2.26. The average Bonchev–Trinajstić information content (AvgIpc) is 2.68. The highest BCUT2D eigenvalue weighted by atomic mass is 79.9. The van der Waals surface area contributed by atoms with Crippen molar-refractivity contribution >= 4 is 28.1 Å². The lowest BCUT2D eigenvalue weighted by Gasteiger charge is -2.09. The van der Waals surface area contributed by atoms with Crippen LogP contribution >= 0.6 is 15.9 Å². The molecule has 0 unspecified atom stereocenters. The minimum Gasteiger partial charge on any atom is -0.507 e. The largest absolute Gasteiger partial charge is 0.507 e. The second-order valence-corrected chi connectivity index (χ2v) is 6.53. The van der Waals surface area contributed by atoms with Crippen LogP contribution in [0.25, 0.3) is 0 Å². The molecule has 0 radical (unpaired) electrons. The highest BCUT2D eigenvalue weighted by Gasteiger charge is 2.08. The van der Waals surface area contributed by atoms with Crippen LogP contribution in [0.1, 0.15) is 21.5 Å². The van der Waals surface area contributed by atoms with Gasteiger partial charge in [0.1, 0.15) is 18.1 Å². The lowest BCUT2D eigenvalue weighted by molar-refractivity contribution is 0.0952. The summed E-state index contributed by atoms with van der Waals surface area (Å²) in [6, 6.07) is 21.7. The summed E-state index contributed by atoms with van der Waals surface area (Å²) in [5.41, 5.74) is 4.43. The fourth-order valence-electron chi connectivity index (χ4n) is 2.34. The number of carbonyl (C=O) groups excluding carboxylic acids is 1. The smallest absolute Gasteiger partial charge is 0.275 e. The van der Waals surface area contributed by atoms with E-state index in [9.17, 15) is 9.90 Å². The number of halogens is 1. The van der Waals surface area contributed by atoms with Gasteiger partial charge in [-0.1, -0.05) is 42.5 Å². The third-order valence-corrected chi connectivity index (χ3v) is 4.34. The quantitative estimate of drug-likeness (QED) is 0.452. The van der Waals surface area contributed by atoms with Crippen LogP contribution in [0.5, 0.6) is 11.5 Å². The molecular formula is C21H17BrN2O3. The molecule has 6 heteroatoms. The summed E-state index contributed by atoms with van der Waals surface area (Å²) in [7, 11) is 0. The fourth-order valence-corrected chi connectivity index (χ4v) is 2.85. The molecule has 0 saturated heterocycles. The summed E-state index contributed by atoms with van der Waals surface area (Å²) < 4.78 is 6.59. The third-order valence-electron chi connectivity index (χ3n) is 3.72. The predicted octanol–water partition coefficient (Wildman–Crippen LogP) is 4.50. The van der Waals surface area contributed by atoms with Crippen LogP contribution in [0.3, 0.4) is 0 Å². The number of aromatic hydroxyl groups is 1. The van der Waals surface area contributed by atoms with E-state index in [4.69, 9.17) is 4.74 Å². The van der Waals surface area contributed by atoms with Crippen molar-refractivity contribution in [1.29, 1.82) is 0 Å². The molecule has 136 valence electrons. The molecule has 0 heterocycles. The normalized spacial score (nSPS) is 10.7. The van der Waals surface area contributed by atoms with Crippen molar-refractivity contribution in [2.45, 2.75) is 6.61 Å². The summed E-state index contributed by atoms with van der Waals surface area (Å²) in [6.45, 7) is 0.476. The minimum absolute atomic E-state index is 0.0899. The Morgan fingerprint density at radius 3 is 2.56 bits per heavy atom. The number of carbonyl (C=O) groups is 1. The van der Waals surface area contributed by atoms with Crippen LogP contribution in [-0.4, -0.2) is 17.2 Å². The standard InChI is InChI=1S/C21H17BrN2O3/c22-18-12-16(10-11-20(18)27-14-15-6-2-1-3-7-15)13-23-24-21(26)17-8-4-5-9-19(17)25/h1-13,25H,14H2,(H,24,26)/b23-13+. The van der Waals surface area contributed by atoms with E-state index in [0.29, 0.717) is 12.4 Å². The van der Waals surface area contributed by atoms with Gasteiger partial charge in [0.25, 0.3) is 5.91 Å². The topological polar surface area (TPSA) is 70.9 Å². The van der Waals surface area contributed by atoms with E-state index in [2.05, 4.69) is 26.5 Å². The lowest BCUT2D eigenvalue weighted by Crippen LogP contribution is -2.17. The Morgan fingerprint density at radius 2 is 1.81 bits per heavy atom. The van der Waals surface area contributed by atoms with Gasteiger partial charge in [0.15, 0.2) is 0 Å². The van der Waals surface area contributed by atoms with Gasteiger partial charge in [0, 0.05) is 0 Å². The number of para-hydroxylation sites is 1. The lowest BCUT2D eigenvalue weighted by atomic mass is 10.2. The van der Waals surface area contributed by atoms with Crippen LogP contribution in [0.4, 0.5) is 0 Å². The Kier molecular flexibility index (Phi) is 6.22. The van der Waals surface area contributed by atoms with Crippen LogP contribution in [0, 0.1) is 0 Å². The molecule has 0 fully saturated rings. The molecule has 0 saturated carbocycles. The van der Waals surface area contributed by atoms with Crippen molar-refractivity contribution in [1.82, 2.24) is 5.43 Å². The summed E-state index contributed by atoms with van der Waals surface area (Å²) in [5.74, 6) is 0.147. The van der Waals surface area contributed by atoms with Crippen LogP contribution in [0.2, 0.25) is 0 Å². The maximum absolute atomic E-state index is 12.0. The Balaban J connectivity index is 1.59. The van der Waals surface area contributed by atoms with Crippen LogP contribution in [-0.2, 0) is 6.61 Å². The molecule has 0 aliphatic carbocycles. The molecule has 3 rings (SSSR count). The minimum atomic E-state index is -0.480. The Labute approximate surface area is 165 Å². The molecule has 0 spiro atoms. The van der Waals surface area contributed by atoms with E-state index >= 15 is 0 Å². The van der Waals surface area contributed by atoms with Crippen molar-refractivity contribution < 1.29 is 14.6 Å². The second kappa shape index (κ2) is 9.00. The first-order valence-corrected chi connectivity index (χ1v) is 9.00. The number of hydrazone groups is 1. The molecule has 0 aromatic heterocycles. The fraction of sp³-hybridized carbons (Fsp3) is 0.0476. The number of nitrogens with one attached hydrogen (secondary N) is 1. The molecule has 0 aliphatic heterocycles. The van der Waals surface area contributed by atoms with Gasteiger partial charge in [-0.2, -0.15) is 5.10 Å². The second-order valence-electron chi connectivity index (χ2n) is 5.68. The zero-order chi connectivity index (χ0) is 19.1. The van der Waals surface area contributed by atoms with Crippen molar-refractivity contribution in [2.75, 3.05) is 0 Å². The maximum atomic E-state index is 12.0. The molecule has 0 atom stereocenters. The van der Waals surface area contributed by atoms with E-state index < -0.39 is 5.91 Å². The Hall–Kier alpha value is -3.12. The number of nitrogens with zero attached hydrogens (tertiary/aromatic N) is 1. The molecule has 0 aliphatic rings. The molecular weight excluding hydrogens is 408 g/mol. The summed E-state index contributed by atoms with van der Waals surface area (Å²) >= 11 is 3.48. The van der Waals surface area contributed by atoms with Gasteiger partial charge in [-0.05, 0) is 57.4 Å². The number of ether oxygens (including phenoxy) is 1. The molecule has 1 amide bonds. The summed E-state index contributed by atoms with van der Waals surface area (Å²) in [6.07, 6.45) is 1.52. The molecule has 3 aromatic carbocycles. The highest BCUT2D eigenvalue weighted by molar-refractivity contribution is 9.10. The predicted molar refractivity (Wildman–Crippen MR) is 108 cm³/mol. The summed E-state index contributed by atoms with van der Waals surface area (Å²) in [5, 5.41) is 13.6. The first kappa shape index (κ1) is 18.7. The van der Waals surface area contributed by atoms with E-state index in [0.717, 1.165) is 15.6 Å². The number of amides is 1. The zero-order valence-electron chi connectivity index (χ0n) is 14.3.